The average molecular weight is 420 g/mol. The molecule has 0 saturated carbocycles. The molecule has 7 heteroatoms. The highest BCUT2D eigenvalue weighted by atomic mass is 32.2. The Morgan fingerprint density at radius 1 is 0.800 bits per heavy atom. The van der Waals surface area contributed by atoms with Gasteiger partial charge in [-0.05, 0) is 42.3 Å². The minimum absolute atomic E-state index is 0.0839. The van der Waals surface area contributed by atoms with Gasteiger partial charge in [-0.1, -0.05) is 54.6 Å². The lowest BCUT2D eigenvalue weighted by atomic mass is 10.1. The fraction of sp³-hybridized carbons (Fsp3) is 0.130. The van der Waals surface area contributed by atoms with Gasteiger partial charge in [-0.3, -0.25) is 14.5 Å². The lowest BCUT2D eigenvalue weighted by Crippen LogP contribution is -2.29. The Morgan fingerprint density at radius 3 is 1.90 bits per heavy atom. The number of carbonyl (C=O) groups is 2. The number of hydrogen-bond donors (Lipinski definition) is 1. The summed E-state index contributed by atoms with van der Waals surface area (Å²) in [4.78, 5) is 26.3. The molecule has 30 heavy (non-hydrogen) atoms. The molecule has 0 bridgehead atoms. The van der Waals surface area contributed by atoms with Crippen molar-refractivity contribution >= 4 is 21.8 Å². The molecule has 0 radical (unpaired) electrons. The molecule has 1 aliphatic rings. The van der Waals surface area contributed by atoms with Crippen molar-refractivity contribution in [2.24, 2.45) is 0 Å². The van der Waals surface area contributed by atoms with E-state index >= 15 is 0 Å². The van der Waals surface area contributed by atoms with Gasteiger partial charge >= 0.3 is 0 Å². The van der Waals surface area contributed by atoms with Gasteiger partial charge in [0.2, 0.25) is 10.0 Å². The summed E-state index contributed by atoms with van der Waals surface area (Å²) in [5.74, 6) is -0.684. The molecule has 3 aromatic carbocycles. The Hall–Kier alpha value is -3.29. The van der Waals surface area contributed by atoms with E-state index in [-0.39, 0.29) is 29.3 Å². The van der Waals surface area contributed by atoms with E-state index in [0.717, 1.165) is 5.56 Å². The zero-order chi connectivity index (χ0) is 21.3. The number of hydrogen-bond acceptors (Lipinski definition) is 4. The maximum absolute atomic E-state index is 12.7. The Labute approximate surface area is 175 Å². The largest absolute Gasteiger partial charge is 0.270 e. The number of imide groups is 1. The molecule has 1 heterocycles. The molecule has 4 rings (SSSR count). The average Bonchev–Trinajstić information content (AvgIpc) is 2.99. The topological polar surface area (TPSA) is 83.6 Å². The van der Waals surface area contributed by atoms with Crippen LogP contribution in [0.5, 0.6) is 0 Å². The number of amides is 2. The lowest BCUT2D eigenvalue weighted by molar-refractivity contribution is 0.0642. The van der Waals surface area contributed by atoms with Gasteiger partial charge in [0, 0.05) is 6.04 Å². The zero-order valence-corrected chi connectivity index (χ0v) is 17.1. The van der Waals surface area contributed by atoms with Gasteiger partial charge in [-0.15, -0.1) is 0 Å². The van der Waals surface area contributed by atoms with E-state index in [4.69, 9.17) is 0 Å². The van der Waals surface area contributed by atoms with Gasteiger partial charge in [-0.2, -0.15) is 0 Å². The van der Waals surface area contributed by atoms with E-state index < -0.39 is 10.0 Å². The quantitative estimate of drug-likeness (QED) is 0.619. The summed E-state index contributed by atoms with van der Waals surface area (Å²) in [7, 11) is -3.71. The van der Waals surface area contributed by atoms with Crippen LogP contribution >= 0.6 is 0 Å². The molecule has 0 aliphatic carbocycles. The number of carbonyl (C=O) groups excluding carboxylic acids is 2. The predicted molar refractivity (Wildman–Crippen MR) is 112 cm³/mol. The molecule has 2 amide bonds. The van der Waals surface area contributed by atoms with Crippen molar-refractivity contribution in [3.63, 3.8) is 0 Å². The molecule has 1 N–H and O–H groups in total. The van der Waals surface area contributed by atoms with Crippen LogP contribution in [0, 0.1) is 0 Å². The van der Waals surface area contributed by atoms with Crippen LogP contribution in [-0.2, 0) is 16.6 Å². The molecular formula is C23H20N2O4S. The van der Waals surface area contributed by atoms with Crippen LogP contribution in [0.15, 0.2) is 83.8 Å². The first kappa shape index (κ1) is 20.0. The molecule has 1 atom stereocenters. The predicted octanol–water partition coefficient (Wildman–Crippen LogP) is 3.52. The normalized spacial score (nSPS) is 14.6. The van der Waals surface area contributed by atoms with Gasteiger partial charge in [-0.25, -0.2) is 13.1 Å². The number of benzene rings is 3. The molecule has 0 unspecified atom stereocenters. The molecule has 152 valence electrons. The first-order chi connectivity index (χ1) is 14.4. The van der Waals surface area contributed by atoms with E-state index in [0.29, 0.717) is 16.7 Å². The van der Waals surface area contributed by atoms with Crippen molar-refractivity contribution in [2.75, 3.05) is 0 Å². The second kappa shape index (κ2) is 7.85. The molecule has 6 nitrogen and oxygen atoms in total. The van der Waals surface area contributed by atoms with E-state index in [2.05, 4.69) is 4.72 Å². The third kappa shape index (κ3) is 3.77. The molecular weight excluding hydrogens is 400 g/mol. The Bertz CT molecular complexity index is 1170. The number of nitrogens with zero attached hydrogens (tertiary/aromatic N) is 1. The van der Waals surface area contributed by atoms with Crippen LogP contribution in [0.25, 0.3) is 0 Å². The van der Waals surface area contributed by atoms with Crippen molar-refractivity contribution in [1.82, 2.24) is 9.62 Å². The van der Waals surface area contributed by atoms with Crippen molar-refractivity contribution in [3.8, 4) is 0 Å². The fourth-order valence-electron chi connectivity index (χ4n) is 3.45. The third-order valence-corrected chi connectivity index (χ3v) is 6.64. The van der Waals surface area contributed by atoms with E-state index in [1.165, 1.54) is 17.0 Å². The zero-order valence-electron chi connectivity index (χ0n) is 16.3. The Balaban J connectivity index is 1.48. The summed E-state index contributed by atoms with van der Waals surface area (Å²) in [6.07, 6.45) is 0. The minimum Gasteiger partial charge on any atom is -0.270 e. The van der Waals surface area contributed by atoms with Crippen LogP contribution in [0.3, 0.4) is 0 Å². The summed E-state index contributed by atoms with van der Waals surface area (Å²) >= 11 is 0. The van der Waals surface area contributed by atoms with Crippen LogP contribution in [0.4, 0.5) is 0 Å². The van der Waals surface area contributed by atoms with E-state index in [1.54, 1.807) is 43.3 Å². The molecule has 1 aliphatic heterocycles. The fourth-order valence-corrected chi connectivity index (χ4v) is 4.68. The van der Waals surface area contributed by atoms with Crippen LogP contribution in [0.2, 0.25) is 0 Å². The van der Waals surface area contributed by atoms with Crippen LogP contribution < -0.4 is 4.72 Å². The third-order valence-electron chi connectivity index (χ3n) is 5.08. The van der Waals surface area contributed by atoms with Gasteiger partial charge in [0.25, 0.3) is 11.8 Å². The number of rotatable bonds is 6. The van der Waals surface area contributed by atoms with Crippen LogP contribution in [-0.4, -0.2) is 25.1 Å². The second-order valence-electron chi connectivity index (χ2n) is 7.14. The maximum atomic E-state index is 12.7. The monoisotopic (exact) mass is 420 g/mol. The molecule has 0 spiro atoms. The summed E-state index contributed by atoms with van der Waals surface area (Å²) in [6, 6.07) is 21.8. The minimum atomic E-state index is -3.71. The van der Waals surface area contributed by atoms with Gasteiger partial charge in [0.1, 0.15) is 0 Å². The number of fused-ring (bicyclic) bond motifs is 1. The second-order valence-corrected chi connectivity index (χ2v) is 8.85. The highest BCUT2D eigenvalue weighted by Gasteiger charge is 2.35. The summed E-state index contributed by atoms with van der Waals surface area (Å²) in [5, 5.41) is 0. The Kier molecular flexibility index (Phi) is 5.24. The van der Waals surface area contributed by atoms with Crippen molar-refractivity contribution in [1.29, 1.82) is 0 Å². The standard InChI is InChI=1S/C23H20N2O4S/c1-16(18-7-3-2-4-8-18)24-30(28,29)19-13-11-17(12-14-19)15-25-22(26)20-9-5-6-10-21(20)23(25)27/h2-14,16,24H,15H2,1H3/t16-/m0/s1. The van der Waals surface area contributed by atoms with Crippen molar-refractivity contribution in [2.45, 2.75) is 24.4 Å². The number of sulfonamides is 1. The van der Waals surface area contributed by atoms with Gasteiger partial charge in [0.05, 0.1) is 22.6 Å². The highest BCUT2D eigenvalue weighted by Crippen LogP contribution is 2.25. The smallest absolute Gasteiger partial charge is 0.261 e. The lowest BCUT2D eigenvalue weighted by Gasteiger charge is -2.16. The Morgan fingerprint density at radius 2 is 1.33 bits per heavy atom. The summed E-state index contributed by atoms with van der Waals surface area (Å²) in [5.41, 5.74) is 2.31. The van der Waals surface area contributed by atoms with Crippen molar-refractivity contribution in [3.05, 3.63) is 101 Å². The highest BCUT2D eigenvalue weighted by molar-refractivity contribution is 7.89. The SMILES string of the molecule is C[C@H](NS(=O)(=O)c1ccc(CN2C(=O)c3ccccc3C2=O)cc1)c1ccccc1. The molecule has 0 saturated heterocycles. The molecule has 0 fully saturated rings. The summed E-state index contributed by atoms with van der Waals surface area (Å²) < 4.78 is 28.1. The maximum Gasteiger partial charge on any atom is 0.261 e. The molecule has 3 aromatic rings. The van der Waals surface area contributed by atoms with E-state index in [1.807, 2.05) is 30.3 Å². The van der Waals surface area contributed by atoms with Crippen molar-refractivity contribution < 1.29 is 18.0 Å². The first-order valence-corrected chi connectivity index (χ1v) is 11.0. The van der Waals surface area contributed by atoms with Gasteiger partial charge < -0.3 is 0 Å². The first-order valence-electron chi connectivity index (χ1n) is 9.48. The number of nitrogens with one attached hydrogen (secondary N) is 1. The molecule has 0 aromatic heterocycles. The summed E-state index contributed by atoms with van der Waals surface area (Å²) in [6.45, 7) is 1.87. The van der Waals surface area contributed by atoms with Crippen LogP contribution in [0.1, 0.15) is 44.8 Å². The van der Waals surface area contributed by atoms with E-state index in [9.17, 15) is 18.0 Å². The van der Waals surface area contributed by atoms with Gasteiger partial charge in [0.15, 0.2) is 0 Å².